The Morgan fingerprint density at radius 2 is 2.04 bits per heavy atom. The second-order valence-corrected chi connectivity index (χ2v) is 5.77. The average molecular weight is 379 g/mol. The number of halogens is 3. The van der Waals surface area contributed by atoms with Crippen LogP contribution >= 0.6 is 0 Å². The Morgan fingerprint density at radius 3 is 2.67 bits per heavy atom. The summed E-state index contributed by atoms with van der Waals surface area (Å²) >= 11 is 0. The first-order chi connectivity index (χ1) is 12.7. The number of amidine groups is 1. The lowest BCUT2D eigenvalue weighted by atomic mass is 10.1. The molecule has 1 amide bonds. The van der Waals surface area contributed by atoms with Crippen molar-refractivity contribution in [2.24, 2.45) is 10.2 Å². The van der Waals surface area contributed by atoms with Gasteiger partial charge in [-0.15, -0.1) is 13.2 Å². The van der Waals surface area contributed by atoms with Gasteiger partial charge in [0.25, 0.3) is 0 Å². The second kappa shape index (κ2) is 7.14. The second-order valence-electron chi connectivity index (χ2n) is 5.77. The third-order valence-corrected chi connectivity index (χ3v) is 3.78. The van der Waals surface area contributed by atoms with E-state index in [4.69, 9.17) is 0 Å². The average Bonchev–Trinajstić information content (AvgIpc) is 2.90. The topological polar surface area (TPSA) is 69.5 Å². The lowest BCUT2D eigenvalue weighted by molar-refractivity contribution is -0.274. The molecular formula is C17H16F3N5O2. The highest BCUT2D eigenvalue weighted by Gasteiger charge is 2.31. The minimum Gasteiger partial charge on any atom is -0.406 e. The molecule has 1 aromatic rings. The number of hydrogen-bond acceptors (Lipinski definition) is 6. The van der Waals surface area contributed by atoms with E-state index in [1.807, 2.05) is 0 Å². The van der Waals surface area contributed by atoms with Gasteiger partial charge in [-0.3, -0.25) is 4.79 Å². The van der Waals surface area contributed by atoms with Crippen molar-refractivity contribution in [1.29, 1.82) is 0 Å². The van der Waals surface area contributed by atoms with Crippen LogP contribution in [0.4, 0.5) is 13.2 Å². The van der Waals surface area contributed by atoms with E-state index in [0.29, 0.717) is 17.2 Å². The number of nitrogens with zero attached hydrogens (tertiary/aromatic N) is 4. The number of benzene rings is 1. The number of allylic oxidation sites excluding steroid dienone is 1. The standard InChI is InChI=1S/C17H16F3N5O2/c1-11(13-5-7-14(8-6-13)27-17(18,19)20)22-16(26)10-24-12(2)25-15(23-24)4-3-9-21-25/h3-9,11H,2,10H2,1H3,(H,22,26)/t11-/m0/s1. The van der Waals surface area contributed by atoms with Crippen molar-refractivity contribution >= 4 is 18.0 Å². The van der Waals surface area contributed by atoms with Crippen molar-refractivity contribution in [2.45, 2.75) is 19.3 Å². The lowest BCUT2D eigenvalue weighted by Crippen LogP contribution is -2.35. The van der Waals surface area contributed by atoms with E-state index >= 15 is 0 Å². The molecule has 0 aromatic heterocycles. The van der Waals surface area contributed by atoms with E-state index in [9.17, 15) is 18.0 Å². The van der Waals surface area contributed by atoms with Crippen LogP contribution < -0.4 is 10.1 Å². The fourth-order valence-electron chi connectivity index (χ4n) is 2.52. The van der Waals surface area contributed by atoms with Crippen molar-refractivity contribution in [3.8, 4) is 5.75 Å². The first-order valence-corrected chi connectivity index (χ1v) is 7.94. The normalized spacial score (nSPS) is 16.9. The summed E-state index contributed by atoms with van der Waals surface area (Å²) in [5.74, 6) is 0.362. The van der Waals surface area contributed by atoms with Crippen LogP contribution in [-0.4, -0.2) is 40.9 Å². The maximum absolute atomic E-state index is 12.3. The van der Waals surface area contributed by atoms with Crippen LogP contribution in [-0.2, 0) is 4.79 Å². The fraction of sp³-hybridized carbons (Fsp3) is 0.235. The van der Waals surface area contributed by atoms with Gasteiger partial charge in [-0.25, -0.2) is 5.01 Å². The number of rotatable bonds is 5. The van der Waals surface area contributed by atoms with E-state index in [1.54, 1.807) is 25.3 Å². The molecule has 0 spiro atoms. The van der Waals surface area contributed by atoms with Crippen molar-refractivity contribution in [1.82, 2.24) is 15.3 Å². The van der Waals surface area contributed by atoms with Gasteiger partial charge in [-0.05, 0) is 36.8 Å². The SMILES string of the molecule is C=C1N(CC(=O)N[C@@H](C)c2ccc(OC(F)(F)F)cc2)N=C2C=CC=NN12. The largest absolute Gasteiger partial charge is 0.573 e. The molecule has 0 saturated carbocycles. The maximum atomic E-state index is 12.3. The van der Waals surface area contributed by atoms with Crippen molar-refractivity contribution in [2.75, 3.05) is 6.54 Å². The molecule has 27 heavy (non-hydrogen) atoms. The minimum absolute atomic E-state index is 0.0677. The Bertz CT molecular complexity index is 830. The zero-order valence-electron chi connectivity index (χ0n) is 14.3. The van der Waals surface area contributed by atoms with Crippen molar-refractivity contribution < 1.29 is 22.7 Å². The minimum atomic E-state index is -4.74. The quantitative estimate of drug-likeness (QED) is 0.854. The molecule has 0 radical (unpaired) electrons. The molecule has 1 aromatic carbocycles. The van der Waals surface area contributed by atoms with Gasteiger partial charge in [0.2, 0.25) is 5.91 Å². The third kappa shape index (κ3) is 4.46. The summed E-state index contributed by atoms with van der Waals surface area (Å²) in [4.78, 5) is 12.3. The summed E-state index contributed by atoms with van der Waals surface area (Å²) in [5, 5.41) is 14.0. The summed E-state index contributed by atoms with van der Waals surface area (Å²) < 4.78 is 40.4. The molecule has 0 saturated heterocycles. The molecule has 2 aliphatic rings. The lowest BCUT2D eigenvalue weighted by Gasteiger charge is -2.20. The van der Waals surface area contributed by atoms with Gasteiger partial charge >= 0.3 is 6.36 Å². The summed E-state index contributed by atoms with van der Waals surface area (Å²) in [6, 6.07) is 4.90. The van der Waals surface area contributed by atoms with Gasteiger partial charge in [0.1, 0.15) is 18.1 Å². The van der Waals surface area contributed by atoms with E-state index < -0.39 is 12.4 Å². The van der Waals surface area contributed by atoms with Gasteiger partial charge in [0, 0.05) is 6.21 Å². The van der Waals surface area contributed by atoms with Crippen molar-refractivity contribution in [3.63, 3.8) is 0 Å². The number of hydrazone groups is 2. The Balaban J connectivity index is 1.56. The molecule has 3 rings (SSSR count). The summed E-state index contributed by atoms with van der Waals surface area (Å²) in [6.45, 7) is 5.51. The number of amides is 1. The molecular weight excluding hydrogens is 363 g/mol. The summed E-state index contributed by atoms with van der Waals surface area (Å²) in [6.07, 6.45) is 0.305. The summed E-state index contributed by atoms with van der Waals surface area (Å²) in [7, 11) is 0. The molecule has 10 heteroatoms. The molecule has 1 atom stereocenters. The number of carbonyl (C=O) groups is 1. The molecule has 7 nitrogen and oxygen atoms in total. The third-order valence-electron chi connectivity index (χ3n) is 3.78. The number of fused-ring (bicyclic) bond motifs is 1. The zero-order chi connectivity index (χ0) is 19.6. The van der Waals surface area contributed by atoms with Crippen LogP contribution in [0.15, 0.2) is 59.0 Å². The Kier molecular flexibility index (Phi) is 4.89. The fourth-order valence-corrected chi connectivity index (χ4v) is 2.52. The zero-order valence-corrected chi connectivity index (χ0v) is 14.3. The maximum Gasteiger partial charge on any atom is 0.573 e. The predicted molar refractivity (Wildman–Crippen MR) is 92.4 cm³/mol. The number of carbonyl (C=O) groups excluding carboxylic acids is 1. The Labute approximate surface area is 153 Å². The monoisotopic (exact) mass is 379 g/mol. The predicted octanol–water partition coefficient (Wildman–Crippen LogP) is 2.72. The van der Waals surface area contributed by atoms with E-state index in [1.165, 1.54) is 34.3 Å². The molecule has 0 aliphatic carbocycles. The van der Waals surface area contributed by atoms with Crippen LogP contribution in [0.5, 0.6) is 5.75 Å². The number of nitrogens with one attached hydrogen (secondary N) is 1. The molecule has 2 heterocycles. The van der Waals surface area contributed by atoms with Crippen LogP contribution in [0.3, 0.4) is 0 Å². The smallest absolute Gasteiger partial charge is 0.406 e. The Hall–Kier alpha value is -3.30. The van der Waals surface area contributed by atoms with Gasteiger partial charge in [0.05, 0.1) is 6.04 Å². The molecule has 0 unspecified atom stereocenters. The first kappa shape index (κ1) is 18.5. The molecule has 142 valence electrons. The van der Waals surface area contributed by atoms with Crippen LogP contribution in [0.1, 0.15) is 18.5 Å². The van der Waals surface area contributed by atoms with Gasteiger partial charge in [0.15, 0.2) is 5.84 Å². The molecule has 0 bridgehead atoms. The molecule has 0 fully saturated rings. The first-order valence-electron chi connectivity index (χ1n) is 7.94. The molecule has 2 aliphatic heterocycles. The highest BCUT2D eigenvalue weighted by Crippen LogP contribution is 2.25. The van der Waals surface area contributed by atoms with Crippen LogP contribution in [0.25, 0.3) is 0 Å². The highest BCUT2D eigenvalue weighted by atomic mass is 19.4. The van der Waals surface area contributed by atoms with E-state index in [2.05, 4.69) is 26.8 Å². The van der Waals surface area contributed by atoms with Crippen LogP contribution in [0.2, 0.25) is 0 Å². The van der Waals surface area contributed by atoms with Gasteiger partial charge in [-0.1, -0.05) is 18.7 Å². The van der Waals surface area contributed by atoms with Crippen molar-refractivity contribution in [3.05, 3.63) is 54.4 Å². The molecule has 1 N–H and O–H groups in total. The van der Waals surface area contributed by atoms with E-state index in [-0.39, 0.29) is 18.2 Å². The van der Waals surface area contributed by atoms with E-state index in [0.717, 1.165) is 0 Å². The number of hydrogen-bond donors (Lipinski definition) is 1. The van der Waals surface area contributed by atoms with Gasteiger partial charge < -0.3 is 10.1 Å². The Morgan fingerprint density at radius 1 is 1.33 bits per heavy atom. The van der Waals surface area contributed by atoms with Gasteiger partial charge in [-0.2, -0.15) is 15.2 Å². The summed E-state index contributed by atoms with van der Waals surface area (Å²) in [5.41, 5.74) is 0.634. The number of ether oxygens (including phenoxy) is 1. The van der Waals surface area contributed by atoms with Crippen LogP contribution in [0, 0.1) is 0 Å². The highest BCUT2D eigenvalue weighted by molar-refractivity contribution is 6.00. The number of alkyl halides is 3.